The van der Waals surface area contributed by atoms with Gasteiger partial charge in [-0.05, 0) is 37.3 Å². The molecule has 0 unspecified atom stereocenters. The highest BCUT2D eigenvalue weighted by Gasteiger charge is 2.32. The van der Waals surface area contributed by atoms with Gasteiger partial charge in [-0.2, -0.15) is 4.31 Å². The van der Waals surface area contributed by atoms with E-state index in [1.54, 1.807) is 18.3 Å². The maximum Gasteiger partial charge on any atom is 0.244 e. The first kappa shape index (κ1) is 23.1. The Kier molecular flexibility index (Phi) is 8.21. The number of piperidine rings is 1. The molecule has 2 aliphatic rings. The minimum absolute atomic E-state index is 0.0374. The molecule has 2 fully saturated rings. The Labute approximate surface area is 180 Å². The van der Waals surface area contributed by atoms with Crippen molar-refractivity contribution in [3.8, 4) is 0 Å². The summed E-state index contributed by atoms with van der Waals surface area (Å²) in [6.45, 7) is 9.03. The number of carbonyl (C=O) groups excluding carboxylic acids is 1. The van der Waals surface area contributed by atoms with Crippen LogP contribution in [-0.4, -0.2) is 80.5 Å². The van der Waals surface area contributed by atoms with Gasteiger partial charge in [-0.1, -0.05) is 13.8 Å². The lowest BCUT2D eigenvalue weighted by atomic mass is 9.96. The maximum atomic E-state index is 12.8. The van der Waals surface area contributed by atoms with E-state index in [1.807, 2.05) is 0 Å². The normalized spacial score (nSPS) is 20.9. The molecule has 1 N–H and O–H groups in total. The lowest BCUT2D eigenvalue weighted by Gasteiger charge is -2.36. The summed E-state index contributed by atoms with van der Waals surface area (Å²) in [5, 5.41) is 3.14. The second kappa shape index (κ2) is 10.7. The fourth-order valence-corrected chi connectivity index (χ4v) is 5.65. The Bertz CT molecular complexity index is 773. The Morgan fingerprint density at radius 3 is 2.53 bits per heavy atom. The number of rotatable bonds is 8. The summed E-state index contributed by atoms with van der Waals surface area (Å²) in [6.07, 6.45) is 5.03. The molecule has 2 saturated heterocycles. The molecule has 2 aliphatic heterocycles. The zero-order valence-electron chi connectivity index (χ0n) is 18.0. The fraction of sp³-hybridized carbons (Fsp3) is 0.714. The number of morpholine rings is 1. The van der Waals surface area contributed by atoms with Gasteiger partial charge in [0.25, 0.3) is 0 Å². The maximum absolute atomic E-state index is 12.8. The van der Waals surface area contributed by atoms with Crippen molar-refractivity contribution in [2.24, 2.45) is 11.8 Å². The van der Waals surface area contributed by atoms with Crippen molar-refractivity contribution in [2.45, 2.75) is 44.0 Å². The predicted octanol–water partition coefficient (Wildman–Crippen LogP) is 1.35. The van der Waals surface area contributed by atoms with E-state index in [1.165, 1.54) is 10.5 Å². The highest BCUT2D eigenvalue weighted by atomic mass is 32.2. The third-order valence-electron chi connectivity index (χ3n) is 5.91. The van der Waals surface area contributed by atoms with Crippen LogP contribution in [0, 0.1) is 11.8 Å². The number of nitrogens with zero attached hydrogens (tertiary/aromatic N) is 3. The van der Waals surface area contributed by atoms with Crippen LogP contribution in [0.4, 0.5) is 0 Å². The van der Waals surface area contributed by atoms with Crippen molar-refractivity contribution in [1.29, 1.82) is 0 Å². The van der Waals surface area contributed by atoms with Crippen LogP contribution in [0.2, 0.25) is 0 Å². The van der Waals surface area contributed by atoms with Gasteiger partial charge in [0, 0.05) is 57.1 Å². The highest BCUT2D eigenvalue weighted by molar-refractivity contribution is 7.89. The molecule has 0 spiro atoms. The van der Waals surface area contributed by atoms with Crippen LogP contribution in [0.25, 0.3) is 0 Å². The smallest absolute Gasteiger partial charge is 0.244 e. The number of ether oxygens (including phenoxy) is 1. The van der Waals surface area contributed by atoms with E-state index >= 15 is 0 Å². The van der Waals surface area contributed by atoms with Gasteiger partial charge in [0.2, 0.25) is 15.9 Å². The number of carbonyl (C=O) groups is 1. The zero-order chi connectivity index (χ0) is 21.6. The average molecular weight is 439 g/mol. The van der Waals surface area contributed by atoms with Gasteiger partial charge in [-0.25, -0.2) is 8.42 Å². The summed E-state index contributed by atoms with van der Waals surface area (Å²) in [5.74, 6) is 0.445. The van der Waals surface area contributed by atoms with Crippen molar-refractivity contribution in [1.82, 2.24) is 19.5 Å². The molecule has 1 aromatic heterocycles. The average Bonchev–Trinajstić information content (AvgIpc) is 2.77. The van der Waals surface area contributed by atoms with Crippen molar-refractivity contribution < 1.29 is 17.9 Å². The third kappa shape index (κ3) is 6.00. The molecule has 0 aromatic carbocycles. The molecule has 0 aliphatic carbocycles. The van der Waals surface area contributed by atoms with Crippen molar-refractivity contribution in [3.05, 3.63) is 24.5 Å². The molecule has 3 rings (SSSR count). The van der Waals surface area contributed by atoms with Crippen LogP contribution in [0.15, 0.2) is 29.4 Å². The third-order valence-corrected chi connectivity index (χ3v) is 7.80. The van der Waals surface area contributed by atoms with E-state index in [4.69, 9.17) is 4.74 Å². The van der Waals surface area contributed by atoms with Crippen LogP contribution in [0.3, 0.4) is 0 Å². The van der Waals surface area contributed by atoms with Gasteiger partial charge in [-0.3, -0.25) is 14.7 Å². The Morgan fingerprint density at radius 2 is 1.93 bits per heavy atom. The zero-order valence-corrected chi connectivity index (χ0v) is 18.8. The standard InChI is InChI=1S/C21H34N4O4S/c1-17(2)14-19(24-10-12-29-13-11-24)15-23-21(26)18-5-8-25(9-6-18)30(27,28)20-4-3-7-22-16-20/h3-4,7,16-19H,5-6,8-15H2,1-2H3,(H,23,26)/t19-/m0/s1. The van der Waals surface area contributed by atoms with Crippen LogP contribution >= 0.6 is 0 Å². The summed E-state index contributed by atoms with van der Waals surface area (Å²) in [7, 11) is -3.54. The van der Waals surface area contributed by atoms with Crippen LogP contribution in [0.1, 0.15) is 33.1 Å². The minimum Gasteiger partial charge on any atom is -0.379 e. The molecule has 8 nitrogen and oxygen atoms in total. The van der Waals surface area contributed by atoms with Gasteiger partial charge < -0.3 is 10.1 Å². The number of amides is 1. The topological polar surface area (TPSA) is 91.8 Å². The Morgan fingerprint density at radius 1 is 1.23 bits per heavy atom. The molecule has 1 atom stereocenters. The summed E-state index contributed by atoms with van der Waals surface area (Å²) in [4.78, 5) is 19.3. The van der Waals surface area contributed by atoms with Crippen LogP contribution in [-0.2, 0) is 19.6 Å². The van der Waals surface area contributed by atoms with Crippen molar-refractivity contribution >= 4 is 15.9 Å². The first-order valence-corrected chi connectivity index (χ1v) is 12.3. The number of pyridine rings is 1. The summed E-state index contributed by atoms with van der Waals surface area (Å²) in [5.41, 5.74) is 0. The van der Waals surface area contributed by atoms with E-state index in [0.29, 0.717) is 44.4 Å². The highest BCUT2D eigenvalue weighted by Crippen LogP contribution is 2.23. The number of nitrogens with one attached hydrogen (secondary N) is 1. The molecule has 0 saturated carbocycles. The van der Waals surface area contributed by atoms with E-state index in [-0.39, 0.29) is 16.7 Å². The Hall–Kier alpha value is -1.55. The quantitative estimate of drug-likeness (QED) is 0.659. The molecule has 1 aromatic rings. The number of hydrogen-bond donors (Lipinski definition) is 1. The number of sulfonamides is 1. The van der Waals surface area contributed by atoms with Gasteiger partial charge in [0.05, 0.1) is 13.2 Å². The largest absolute Gasteiger partial charge is 0.379 e. The molecular weight excluding hydrogens is 404 g/mol. The van der Waals surface area contributed by atoms with Gasteiger partial charge >= 0.3 is 0 Å². The lowest BCUT2D eigenvalue weighted by molar-refractivity contribution is -0.126. The van der Waals surface area contributed by atoms with E-state index in [0.717, 1.165) is 32.7 Å². The summed E-state index contributed by atoms with van der Waals surface area (Å²) < 4.78 is 32.4. The first-order valence-electron chi connectivity index (χ1n) is 10.9. The minimum atomic E-state index is -3.54. The van der Waals surface area contributed by atoms with E-state index in [9.17, 15) is 13.2 Å². The monoisotopic (exact) mass is 438 g/mol. The SMILES string of the molecule is CC(C)C[C@@H](CNC(=O)C1CCN(S(=O)(=O)c2cccnc2)CC1)N1CCOCC1. The summed E-state index contributed by atoms with van der Waals surface area (Å²) in [6, 6.07) is 3.49. The van der Waals surface area contributed by atoms with Crippen molar-refractivity contribution in [3.63, 3.8) is 0 Å². The van der Waals surface area contributed by atoms with E-state index in [2.05, 4.69) is 29.0 Å². The van der Waals surface area contributed by atoms with Crippen LogP contribution in [0.5, 0.6) is 0 Å². The van der Waals surface area contributed by atoms with Gasteiger partial charge in [-0.15, -0.1) is 0 Å². The summed E-state index contributed by atoms with van der Waals surface area (Å²) >= 11 is 0. The lowest BCUT2D eigenvalue weighted by Crippen LogP contribution is -2.50. The van der Waals surface area contributed by atoms with E-state index < -0.39 is 10.0 Å². The number of aromatic nitrogens is 1. The fourth-order valence-electron chi connectivity index (χ4n) is 4.22. The molecule has 168 valence electrons. The molecule has 30 heavy (non-hydrogen) atoms. The van der Waals surface area contributed by atoms with Gasteiger partial charge in [0.15, 0.2) is 0 Å². The molecule has 3 heterocycles. The molecule has 0 radical (unpaired) electrons. The van der Waals surface area contributed by atoms with Crippen LogP contribution < -0.4 is 5.32 Å². The number of hydrogen-bond acceptors (Lipinski definition) is 6. The van der Waals surface area contributed by atoms with Crippen molar-refractivity contribution in [2.75, 3.05) is 45.9 Å². The second-order valence-electron chi connectivity index (χ2n) is 8.54. The second-order valence-corrected chi connectivity index (χ2v) is 10.5. The van der Waals surface area contributed by atoms with Gasteiger partial charge in [0.1, 0.15) is 4.90 Å². The molecule has 1 amide bonds. The Balaban J connectivity index is 1.50. The predicted molar refractivity (Wildman–Crippen MR) is 114 cm³/mol. The molecule has 9 heteroatoms. The molecular formula is C21H34N4O4S. The molecule has 0 bridgehead atoms. The first-order chi connectivity index (χ1) is 14.4.